The summed E-state index contributed by atoms with van der Waals surface area (Å²) in [5.74, 6) is -1.95. The zero-order chi connectivity index (χ0) is 19.5. The number of hydrogen-bond donors (Lipinski definition) is 2. The maximum Gasteiger partial charge on any atom is 0.416 e. The van der Waals surface area contributed by atoms with Gasteiger partial charge in [0.2, 0.25) is 0 Å². The van der Waals surface area contributed by atoms with Gasteiger partial charge in [-0.3, -0.25) is 4.79 Å². The van der Waals surface area contributed by atoms with Crippen molar-refractivity contribution in [1.29, 1.82) is 0 Å². The molecule has 0 saturated heterocycles. The highest BCUT2D eigenvalue weighted by atomic mass is 19.4. The monoisotopic (exact) mass is 365 g/mol. The zero-order valence-corrected chi connectivity index (χ0v) is 14.2. The summed E-state index contributed by atoms with van der Waals surface area (Å²) in [6, 6.07) is 7.98. The Morgan fingerprint density at radius 1 is 1.04 bits per heavy atom. The van der Waals surface area contributed by atoms with E-state index in [0.29, 0.717) is 0 Å². The van der Waals surface area contributed by atoms with E-state index in [4.69, 9.17) is 0 Å². The molecule has 0 fully saturated rings. The number of aliphatic carboxylic acids is 1. The Hall–Kier alpha value is -2.83. The Morgan fingerprint density at radius 2 is 1.58 bits per heavy atom. The number of amides is 1. The van der Waals surface area contributed by atoms with E-state index < -0.39 is 29.7 Å². The Morgan fingerprint density at radius 3 is 2.04 bits per heavy atom. The van der Waals surface area contributed by atoms with Crippen molar-refractivity contribution in [2.75, 3.05) is 0 Å². The summed E-state index contributed by atoms with van der Waals surface area (Å²) in [4.78, 5) is 23.7. The van der Waals surface area contributed by atoms with Crippen LogP contribution in [0.1, 0.15) is 32.6 Å². The van der Waals surface area contributed by atoms with Gasteiger partial charge >= 0.3 is 12.1 Å². The van der Waals surface area contributed by atoms with Gasteiger partial charge in [0.1, 0.15) is 6.04 Å². The summed E-state index contributed by atoms with van der Waals surface area (Å²) in [6.45, 7) is 3.69. The van der Waals surface area contributed by atoms with Gasteiger partial charge in [0.05, 0.1) is 5.56 Å². The fourth-order valence-corrected chi connectivity index (χ4v) is 2.63. The predicted octanol–water partition coefficient (Wildman–Crippen LogP) is 3.75. The minimum Gasteiger partial charge on any atom is -0.480 e. The van der Waals surface area contributed by atoms with Crippen LogP contribution in [0.25, 0.3) is 0 Å². The number of alkyl halides is 3. The maximum absolute atomic E-state index is 12.6. The first-order chi connectivity index (χ1) is 12.1. The zero-order valence-electron chi connectivity index (χ0n) is 14.2. The van der Waals surface area contributed by atoms with Crippen LogP contribution >= 0.6 is 0 Å². The smallest absolute Gasteiger partial charge is 0.416 e. The minimum atomic E-state index is -4.50. The highest BCUT2D eigenvalue weighted by molar-refractivity contribution is 5.96. The summed E-state index contributed by atoms with van der Waals surface area (Å²) < 4.78 is 37.7. The molecule has 138 valence electrons. The summed E-state index contributed by atoms with van der Waals surface area (Å²) in [5, 5.41) is 11.8. The fourth-order valence-electron chi connectivity index (χ4n) is 2.63. The lowest BCUT2D eigenvalue weighted by atomic mass is 9.96. The van der Waals surface area contributed by atoms with Crippen molar-refractivity contribution in [2.45, 2.75) is 32.5 Å². The molecule has 1 atom stereocenters. The first-order valence-electron chi connectivity index (χ1n) is 7.85. The van der Waals surface area contributed by atoms with Crippen molar-refractivity contribution in [2.24, 2.45) is 0 Å². The minimum absolute atomic E-state index is 0.0363. The number of carboxylic acids is 1. The number of carbonyl (C=O) groups excluding carboxylic acids is 1. The van der Waals surface area contributed by atoms with Crippen molar-refractivity contribution in [3.8, 4) is 0 Å². The number of hydrogen-bond acceptors (Lipinski definition) is 2. The maximum atomic E-state index is 12.6. The van der Waals surface area contributed by atoms with Crippen LogP contribution in [0, 0.1) is 13.8 Å². The standard InChI is InChI=1S/C19H18F3NO3/c1-11-4-3-5-12(2)15(11)10-16(18(25)26)23-17(24)13-6-8-14(9-7-13)19(20,21)22/h3-9,16H,10H2,1-2H3,(H,23,24)(H,25,26)/t16-/m0/s1. The Kier molecular flexibility index (Phi) is 5.69. The van der Waals surface area contributed by atoms with Gasteiger partial charge < -0.3 is 10.4 Å². The number of benzene rings is 2. The van der Waals surface area contributed by atoms with Crippen LogP contribution in [0.3, 0.4) is 0 Å². The van der Waals surface area contributed by atoms with Crippen molar-refractivity contribution in [3.63, 3.8) is 0 Å². The molecule has 2 rings (SSSR count). The molecular weight excluding hydrogens is 347 g/mol. The topological polar surface area (TPSA) is 66.4 Å². The number of aryl methyl sites for hydroxylation is 2. The number of rotatable bonds is 5. The van der Waals surface area contributed by atoms with Gasteiger partial charge in [0.15, 0.2) is 0 Å². The molecule has 7 heteroatoms. The second-order valence-electron chi connectivity index (χ2n) is 6.01. The molecule has 2 aromatic rings. The fraction of sp³-hybridized carbons (Fsp3) is 0.263. The Bertz CT molecular complexity index is 794. The lowest BCUT2D eigenvalue weighted by molar-refractivity contribution is -0.139. The molecule has 0 aliphatic rings. The molecule has 0 unspecified atom stereocenters. The van der Waals surface area contributed by atoms with Crippen LogP contribution in [0.5, 0.6) is 0 Å². The highest BCUT2D eigenvalue weighted by Crippen LogP contribution is 2.29. The van der Waals surface area contributed by atoms with Crippen LogP contribution in [-0.2, 0) is 17.4 Å². The van der Waals surface area contributed by atoms with Gasteiger partial charge in [-0.2, -0.15) is 13.2 Å². The van der Waals surface area contributed by atoms with E-state index in [9.17, 15) is 27.9 Å². The van der Waals surface area contributed by atoms with E-state index in [0.717, 1.165) is 41.0 Å². The van der Waals surface area contributed by atoms with E-state index in [-0.39, 0.29) is 12.0 Å². The van der Waals surface area contributed by atoms with Gasteiger partial charge in [-0.15, -0.1) is 0 Å². The lowest BCUT2D eigenvalue weighted by Gasteiger charge is -2.18. The molecule has 0 spiro atoms. The normalized spacial score (nSPS) is 12.5. The van der Waals surface area contributed by atoms with Crippen LogP contribution in [0.4, 0.5) is 13.2 Å². The molecule has 2 aromatic carbocycles. The van der Waals surface area contributed by atoms with Crippen LogP contribution in [0.15, 0.2) is 42.5 Å². The molecule has 0 bridgehead atoms. The lowest BCUT2D eigenvalue weighted by Crippen LogP contribution is -2.42. The number of carbonyl (C=O) groups is 2. The highest BCUT2D eigenvalue weighted by Gasteiger charge is 2.30. The average Bonchev–Trinajstić information content (AvgIpc) is 2.56. The van der Waals surface area contributed by atoms with Gasteiger partial charge in [-0.05, 0) is 54.8 Å². The Labute approximate surface area is 148 Å². The first-order valence-corrected chi connectivity index (χ1v) is 7.85. The van der Waals surface area contributed by atoms with Crippen molar-refractivity contribution < 1.29 is 27.9 Å². The molecule has 26 heavy (non-hydrogen) atoms. The van der Waals surface area contributed by atoms with Crippen molar-refractivity contribution in [3.05, 3.63) is 70.3 Å². The van der Waals surface area contributed by atoms with Crippen molar-refractivity contribution >= 4 is 11.9 Å². The van der Waals surface area contributed by atoms with Gasteiger partial charge in [-0.25, -0.2) is 4.79 Å². The second kappa shape index (κ2) is 7.59. The van der Waals surface area contributed by atoms with E-state index in [1.54, 1.807) is 0 Å². The third kappa shape index (κ3) is 4.62. The molecule has 0 radical (unpaired) electrons. The molecule has 0 saturated carbocycles. The van der Waals surface area contributed by atoms with E-state index in [1.807, 2.05) is 32.0 Å². The third-order valence-electron chi connectivity index (χ3n) is 4.13. The van der Waals surface area contributed by atoms with Gasteiger partial charge in [0, 0.05) is 12.0 Å². The first kappa shape index (κ1) is 19.5. The number of nitrogens with one attached hydrogen (secondary N) is 1. The average molecular weight is 365 g/mol. The third-order valence-corrected chi connectivity index (χ3v) is 4.13. The van der Waals surface area contributed by atoms with Gasteiger partial charge in [-0.1, -0.05) is 18.2 Å². The summed E-state index contributed by atoms with van der Waals surface area (Å²) in [7, 11) is 0. The molecular formula is C19H18F3NO3. The molecule has 0 aliphatic heterocycles. The molecule has 1 amide bonds. The molecule has 0 aliphatic carbocycles. The van der Waals surface area contributed by atoms with Crippen LogP contribution in [0.2, 0.25) is 0 Å². The summed E-state index contributed by atoms with van der Waals surface area (Å²) in [5.41, 5.74) is 1.71. The number of carboxylic acid groups (broad SMARTS) is 1. The summed E-state index contributed by atoms with van der Waals surface area (Å²) in [6.07, 6.45) is -4.42. The van der Waals surface area contributed by atoms with Crippen molar-refractivity contribution in [1.82, 2.24) is 5.32 Å². The van der Waals surface area contributed by atoms with E-state index in [2.05, 4.69) is 5.32 Å². The second-order valence-corrected chi connectivity index (χ2v) is 6.01. The predicted molar refractivity (Wildman–Crippen MR) is 90.0 cm³/mol. The molecule has 0 aromatic heterocycles. The largest absolute Gasteiger partial charge is 0.480 e. The Balaban J connectivity index is 2.17. The number of halogens is 3. The molecule has 2 N–H and O–H groups in total. The van der Waals surface area contributed by atoms with E-state index in [1.165, 1.54) is 0 Å². The van der Waals surface area contributed by atoms with Crippen LogP contribution < -0.4 is 5.32 Å². The van der Waals surface area contributed by atoms with E-state index >= 15 is 0 Å². The summed E-state index contributed by atoms with van der Waals surface area (Å²) >= 11 is 0. The SMILES string of the molecule is Cc1cccc(C)c1C[C@H](NC(=O)c1ccc(C(F)(F)F)cc1)C(=O)O. The quantitative estimate of drug-likeness (QED) is 0.848. The molecule has 0 heterocycles. The van der Waals surface area contributed by atoms with Crippen LogP contribution in [-0.4, -0.2) is 23.0 Å². The van der Waals surface area contributed by atoms with Gasteiger partial charge in [0.25, 0.3) is 5.91 Å². The molecule has 4 nitrogen and oxygen atoms in total.